The van der Waals surface area contributed by atoms with Crippen LogP contribution in [-0.2, 0) is 0 Å². The van der Waals surface area contributed by atoms with Crippen molar-refractivity contribution in [3.63, 3.8) is 0 Å². The number of hydrogen-bond donors (Lipinski definition) is 0. The molecular weight excluding hydrogens is 432 g/mol. The van der Waals surface area contributed by atoms with Crippen molar-refractivity contribution in [3.05, 3.63) is 0 Å². The van der Waals surface area contributed by atoms with Crippen molar-refractivity contribution in [1.82, 2.24) is 0 Å². The van der Waals surface area contributed by atoms with Crippen molar-refractivity contribution < 1.29 is 0 Å². The van der Waals surface area contributed by atoms with Gasteiger partial charge in [-0.15, -0.1) is 0 Å². The normalized spacial score (nSPS) is 14.2. The topological polar surface area (TPSA) is 0 Å². The van der Waals surface area contributed by atoms with Crippen LogP contribution in [-0.4, -0.2) is 0 Å². The van der Waals surface area contributed by atoms with Crippen LogP contribution in [0, 0.1) is 17.8 Å². The van der Waals surface area contributed by atoms with Crippen molar-refractivity contribution in [3.8, 4) is 0 Å². The number of hydrogen-bond acceptors (Lipinski definition) is 0. The van der Waals surface area contributed by atoms with Crippen LogP contribution in [0.2, 0.25) is 0 Å². The highest BCUT2D eigenvalue weighted by Crippen LogP contribution is 2.22. The summed E-state index contributed by atoms with van der Waals surface area (Å²) >= 11 is 0. The predicted molar refractivity (Wildman–Crippen MR) is 168 cm³/mol. The quantitative estimate of drug-likeness (QED) is 0.0849. The third-order valence-corrected chi connectivity index (χ3v) is 8.95. The molecule has 36 heavy (non-hydrogen) atoms. The van der Waals surface area contributed by atoms with Crippen molar-refractivity contribution in [2.75, 3.05) is 0 Å². The lowest BCUT2D eigenvalue weighted by atomic mass is 9.91. The minimum atomic E-state index is 0.923. The summed E-state index contributed by atoms with van der Waals surface area (Å²) in [6.07, 6.45) is 41.1. The molecule has 0 fully saturated rings. The lowest BCUT2D eigenvalue weighted by Crippen LogP contribution is -2.02. The average Bonchev–Trinajstić information content (AvgIpc) is 2.87. The fraction of sp³-hybridized carbons (Fsp3) is 1.00. The van der Waals surface area contributed by atoms with Crippen molar-refractivity contribution >= 4 is 0 Å². The molecule has 0 aliphatic heterocycles. The smallest absolute Gasteiger partial charge is 0.0440 e. The summed E-state index contributed by atoms with van der Waals surface area (Å²) in [6, 6.07) is 0. The molecule has 3 unspecified atom stereocenters. The Hall–Kier alpha value is 0. The first-order chi connectivity index (χ1) is 17.6. The van der Waals surface area contributed by atoms with E-state index in [-0.39, 0.29) is 0 Å². The molecule has 0 heterocycles. The zero-order valence-corrected chi connectivity index (χ0v) is 26.5. The molecule has 218 valence electrons. The van der Waals surface area contributed by atoms with E-state index in [1.807, 2.05) is 0 Å². The van der Waals surface area contributed by atoms with Gasteiger partial charge < -0.3 is 0 Å². The van der Waals surface area contributed by atoms with Gasteiger partial charge in [-0.05, 0) is 24.2 Å². The molecule has 0 heteroatoms. The molecule has 0 bridgehead atoms. The van der Waals surface area contributed by atoms with E-state index in [0.29, 0.717) is 0 Å². The van der Waals surface area contributed by atoms with Crippen molar-refractivity contribution in [1.29, 1.82) is 0 Å². The Labute approximate surface area is 232 Å². The van der Waals surface area contributed by atoms with Crippen LogP contribution in [0.4, 0.5) is 0 Å². The minimum Gasteiger partial charge on any atom is -0.0654 e. The standard InChI is InChI=1S/C36H74/c1-6-8-9-10-11-12-13-14-15-16-18-21-24-27-30-35(4)31-28-25-22-19-17-20-23-26-29-32-36(5)33-34(3)7-2/h34-36H,6-33H2,1-5H3. The summed E-state index contributed by atoms with van der Waals surface area (Å²) < 4.78 is 0. The fourth-order valence-corrected chi connectivity index (χ4v) is 6.03. The van der Waals surface area contributed by atoms with Crippen LogP contribution in [0.15, 0.2) is 0 Å². The second-order valence-electron chi connectivity index (χ2n) is 13.1. The molecule has 0 aliphatic rings. The highest BCUT2D eigenvalue weighted by Gasteiger charge is 2.07. The van der Waals surface area contributed by atoms with Crippen LogP contribution in [0.1, 0.15) is 214 Å². The lowest BCUT2D eigenvalue weighted by Gasteiger charge is -2.15. The Kier molecular flexibility index (Phi) is 29.6. The predicted octanol–water partition coefficient (Wildman–Crippen LogP) is 13.9. The maximum Gasteiger partial charge on any atom is -0.0440 e. The van der Waals surface area contributed by atoms with Gasteiger partial charge in [0.2, 0.25) is 0 Å². The Morgan fingerprint density at radius 3 is 0.889 bits per heavy atom. The Morgan fingerprint density at radius 2 is 0.583 bits per heavy atom. The van der Waals surface area contributed by atoms with E-state index in [0.717, 1.165) is 17.8 Å². The van der Waals surface area contributed by atoms with E-state index in [9.17, 15) is 0 Å². The van der Waals surface area contributed by atoms with Crippen LogP contribution in [0.3, 0.4) is 0 Å². The Balaban J connectivity index is 3.21. The van der Waals surface area contributed by atoms with E-state index < -0.39 is 0 Å². The zero-order chi connectivity index (χ0) is 26.5. The van der Waals surface area contributed by atoms with Gasteiger partial charge in [0.1, 0.15) is 0 Å². The monoisotopic (exact) mass is 507 g/mol. The number of rotatable bonds is 30. The van der Waals surface area contributed by atoms with Gasteiger partial charge in [0.25, 0.3) is 0 Å². The minimum absolute atomic E-state index is 0.923. The molecule has 0 saturated heterocycles. The third-order valence-electron chi connectivity index (χ3n) is 8.95. The maximum atomic E-state index is 2.51. The highest BCUT2D eigenvalue weighted by atomic mass is 14.1. The van der Waals surface area contributed by atoms with E-state index in [4.69, 9.17) is 0 Å². The number of unbranched alkanes of at least 4 members (excludes halogenated alkanes) is 21. The van der Waals surface area contributed by atoms with Crippen LogP contribution < -0.4 is 0 Å². The molecule has 0 aromatic rings. The summed E-state index contributed by atoms with van der Waals surface area (Å²) in [6.45, 7) is 12.0. The summed E-state index contributed by atoms with van der Waals surface area (Å²) in [5.74, 6) is 2.83. The molecule has 0 aromatic heterocycles. The maximum absolute atomic E-state index is 2.51. The van der Waals surface area contributed by atoms with Crippen molar-refractivity contribution in [2.24, 2.45) is 17.8 Å². The Bertz CT molecular complexity index is 385. The largest absolute Gasteiger partial charge is 0.0654 e. The molecular formula is C36H74. The van der Waals surface area contributed by atoms with Gasteiger partial charge in [-0.25, -0.2) is 0 Å². The molecule has 0 rings (SSSR count). The van der Waals surface area contributed by atoms with Gasteiger partial charge in [0.15, 0.2) is 0 Å². The molecule has 0 amide bonds. The van der Waals surface area contributed by atoms with Crippen LogP contribution in [0.25, 0.3) is 0 Å². The molecule has 0 aliphatic carbocycles. The van der Waals surface area contributed by atoms with Gasteiger partial charge in [-0.3, -0.25) is 0 Å². The molecule has 0 spiro atoms. The first-order valence-corrected chi connectivity index (χ1v) is 17.6. The summed E-state index contributed by atoms with van der Waals surface area (Å²) in [5, 5.41) is 0. The Morgan fingerprint density at radius 1 is 0.306 bits per heavy atom. The van der Waals surface area contributed by atoms with Gasteiger partial charge in [-0.1, -0.05) is 208 Å². The van der Waals surface area contributed by atoms with Gasteiger partial charge in [-0.2, -0.15) is 0 Å². The van der Waals surface area contributed by atoms with E-state index in [2.05, 4.69) is 34.6 Å². The molecule has 0 aromatic carbocycles. The molecule has 3 atom stereocenters. The van der Waals surface area contributed by atoms with E-state index in [1.165, 1.54) is 180 Å². The second-order valence-corrected chi connectivity index (χ2v) is 13.1. The van der Waals surface area contributed by atoms with Crippen LogP contribution >= 0.6 is 0 Å². The molecule has 0 N–H and O–H groups in total. The first kappa shape index (κ1) is 36.0. The van der Waals surface area contributed by atoms with Crippen LogP contribution in [0.5, 0.6) is 0 Å². The zero-order valence-electron chi connectivity index (χ0n) is 26.5. The van der Waals surface area contributed by atoms with E-state index >= 15 is 0 Å². The summed E-state index contributed by atoms with van der Waals surface area (Å²) in [7, 11) is 0. The molecule has 0 nitrogen and oxygen atoms in total. The first-order valence-electron chi connectivity index (χ1n) is 17.6. The lowest BCUT2D eigenvalue weighted by molar-refractivity contribution is 0.374. The second kappa shape index (κ2) is 29.6. The highest BCUT2D eigenvalue weighted by molar-refractivity contribution is 4.60. The fourth-order valence-electron chi connectivity index (χ4n) is 6.03. The van der Waals surface area contributed by atoms with Gasteiger partial charge in [0.05, 0.1) is 0 Å². The average molecular weight is 507 g/mol. The summed E-state index contributed by atoms with van der Waals surface area (Å²) in [4.78, 5) is 0. The summed E-state index contributed by atoms with van der Waals surface area (Å²) in [5.41, 5.74) is 0. The van der Waals surface area contributed by atoms with Gasteiger partial charge >= 0.3 is 0 Å². The van der Waals surface area contributed by atoms with Gasteiger partial charge in [0, 0.05) is 0 Å². The molecule has 0 radical (unpaired) electrons. The molecule has 0 saturated carbocycles. The van der Waals surface area contributed by atoms with Crippen molar-refractivity contribution in [2.45, 2.75) is 214 Å². The third kappa shape index (κ3) is 28.6. The SMILES string of the molecule is CCCCCCCCCCCCCCCCC(C)CCCCCCCCCCCC(C)CC(C)CC. The van der Waals surface area contributed by atoms with E-state index in [1.54, 1.807) is 0 Å².